The molecule has 0 aromatic heterocycles. The van der Waals surface area contributed by atoms with Gasteiger partial charge in [-0.1, -0.05) is 30.3 Å². The molecule has 0 bridgehead atoms. The standard InChI is InChI=1S/C16H19NO3/c18-15(13-8-4-5-9-14(13)16(19)20)17-11-10-12-6-2-1-3-7-12/h1-3,6-7H,4-5,8-11H2,(H,17,18)(H,19,20)/p-1. The molecular weight excluding hydrogens is 254 g/mol. The molecule has 0 atom stereocenters. The number of nitrogens with one attached hydrogen (secondary N) is 1. The van der Waals surface area contributed by atoms with E-state index in [0.29, 0.717) is 25.0 Å². The molecule has 0 fully saturated rings. The SMILES string of the molecule is O=C([O-])C1=C(C(=O)NCCc2ccccc2)CCCC1. The molecule has 1 N–H and O–H groups in total. The zero-order valence-electron chi connectivity index (χ0n) is 11.4. The van der Waals surface area contributed by atoms with Crippen molar-refractivity contribution in [3.8, 4) is 0 Å². The molecule has 0 saturated heterocycles. The predicted octanol–water partition coefficient (Wildman–Crippen LogP) is 0.966. The Labute approximate surface area is 118 Å². The van der Waals surface area contributed by atoms with Gasteiger partial charge < -0.3 is 15.2 Å². The molecule has 0 unspecified atom stereocenters. The van der Waals surface area contributed by atoms with Gasteiger partial charge >= 0.3 is 0 Å². The van der Waals surface area contributed by atoms with E-state index in [9.17, 15) is 14.7 Å². The first-order chi connectivity index (χ1) is 9.68. The molecule has 106 valence electrons. The van der Waals surface area contributed by atoms with Gasteiger partial charge in [0.05, 0.1) is 5.97 Å². The van der Waals surface area contributed by atoms with Crippen molar-refractivity contribution < 1.29 is 14.7 Å². The lowest BCUT2D eigenvalue weighted by molar-refractivity contribution is -0.299. The number of carbonyl (C=O) groups excluding carboxylic acids is 2. The van der Waals surface area contributed by atoms with Gasteiger partial charge in [0.2, 0.25) is 5.91 Å². The van der Waals surface area contributed by atoms with E-state index in [-0.39, 0.29) is 11.5 Å². The quantitative estimate of drug-likeness (QED) is 0.868. The summed E-state index contributed by atoms with van der Waals surface area (Å²) in [5.41, 5.74) is 1.71. The molecule has 1 amide bonds. The van der Waals surface area contributed by atoms with Gasteiger partial charge in [0, 0.05) is 12.1 Å². The summed E-state index contributed by atoms with van der Waals surface area (Å²) in [5, 5.41) is 13.8. The van der Waals surface area contributed by atoms with Gasteiger partial charge in [0.15, 0.2) is 0 Å². The topological polar surface area (TPSA) is 69.2 Å². The molecule has 2 rings (SSSR count). The Morgan fingerprint density at radius 3 is 2.35 bits per heavy atom. The van der Waals surface area contributed by atoms with Crippen molar-refractivity contribution in [2.75, 3.05) is 6.54 Å². The predicted molar refractivity (Wildman–Crippen MR) is 73.7 cm³/mol. The third kappa shape index (κ3) is 3.70. The first kappa shape index (κ1) is 14.3. The van der Waals surface area contributed by atoms with Crippen LogP contribution >= 0.6 is 0 Å². The smallest absolute Gasteiger partial charge is 0.247 e. The number of amides is 1. The lowest BCUT2D eigenvalue weighted by atomic mass is 9.91. The number of benzene rings is 1. The van der Waals surface area contributed by atoms with Crippen LogP contribution in [0.3, 0.4) is 0 Å². The molecule has 0 heterocycles. The monoisotopic (exact) mass is 272 g/mol. The largest absolute Gasteiger partial charge is 0.545 e. The van der Waals surface area contributed by atoms with E-state index in [1.807, 2.05) is 30.3 Å². The van der Waals surface area contributed by atoms with E-state index in [4.69, 9.17) is 0 Å². The molecule has 20 heavy (non-hydrogen) atoms. The summed E-state index contributed by atoms with van der Waals surface area (Å²) in [6, 6.07) is 9.85. The van der Waals surface area contributed by atoms with Gasteiger partial charge in [-0.2, -0.15) is 0 Å². The van der Waals surface area contributed by atoms with Crippen LogP contribution in [0.25, 0.3) is 0 Å². The van der Waals surface area contributed by atoms with Crippen LogP contribution in [-0.4, -0.2) is 18.4 Å². The first-order valence-corrected chi connectivity index (χ1v) is 6.94. The summed E-state index contributed by atoms with van der Waals surface area (Å²) < 4.78 is 0. The summed E-state index contributed by atoms with van der Waals surface area (Å²) in [6.45, 7) is 0.507. The number of carbonyl (C=O) groups is 2. The number of hydrogen-bond acceptors (Lipinski definition) is 3. The summed E-state index contributed by atoms with van der Waals surface area (Å²) >= 11 is 0. The van der Waals surface area contributed by atoms with Crippen molar-refractivity contribution in [1.29, 1.82) is 0 Å². The molecule has 1 aliphatic carbocycles. The fraction of sp³-hybridized carbons (Fsp3) is 0.375. The Morgan fingerprint density at radius 1 is 1.05 bits per heavy atom. The number of carboxylic acids is 1. The molecule has 1 aliphatic rings. The average Bonchev–Trinajstić information content (AvgIpc) is 2.48. The first-order valence-electron chi connectivity index (χ1n) is 6.94. The van der Waals surface area contributed by atoms with Gasteiger partial charge in [-0.3, -0.25) is 4.79 Å². The van der Waals surface area contributed by atoms with Crippen molar-refractivity contribution in [3.63, 3.8) is 0 Å². The van der Waals surface area contributed by atoms with Crippen LogP contribution in [-0.2, 0) is 16.0 Å². The summed E-state index contributed by atoms with van der Waals surface area (Å²) in [6.07, 6.45) is 3.37. The third-order valence-electron chi connectivity index (χ3n) is 3.53. The van der Waals surface area contributed by atoms with Crippen molar-refractivity contribution in [1.82, 2.24) is 5.32 Å². The van der Waals surface area contributed by atoms with E-state index >= 15 is 0 Å². The number of rotatable bonds is 5. The molecule has 4 heteroatoms. The maximum absolute atomic E-state index is 12.0. The van der Waals surface area contributed by atoms with Crippen molar-refractivity contribution in [2.45, 2.75) is 32.1 Å². The minimum atomic E-state index is -1.21. The van der Waals surface area contributed by atoms with Gasteiger partial charge in [0.25, 0.3) is 0 Å². The molecule has 0 saturated carbocycles. The molecule has 1 aromatic carbocycles. The zero-order valence-corrected chi connectivity index (χ0v) is 11.4. The van der Waals surface area contributed by atoms with Crippen LogP contribution in [0.2, 0.25) is 0 Å². The Hall–Kier alpha value is -2.10. The van der Waals surface area contributed by atoms with Crippen LogP contribution in [0.4, 0.5) is 0 Å². The highest BCUT2D eigenvalue weighted by molar-refractivity contribution is 6.01. The second-order valence-electron chi connectivity index (χ2n) is 4.94. The van der Waals surface area contributed by atoms with Crippen molar-refractivity contribution >= 4 is 11.9 Å². The molecule has 0 aliphatic heterocycles. The second kappa shape index (κ2) is 6.89. The number of hydrogen-bond donors (Lipinski definition) is 1. The summed E-state index contributed by atoms with van der Waals surface area (Å²) in [4.78, 5) is 23.1. The van der Waals surface area contributed by atoms with E-state index in [0.717, 1.165) is 24.8 Å². The fourth-order valence-corrected chi connectivity index (χ4v) is 2.45. The fourth-order valence-electron chi connectivity index (χ4n) is 2.45. The Balaban J connectivity index is 1.92. The lowest BCUT2D eigenvalue weighted by Gasteiger charge is -2.20. The van der Waals surface area contributed by atoms with E-state index < -0.39 is 5.97 Å². The van der Waals surface area contributed by atoms with Gasteiger partial charge in [-0.15, -0.1) is 0 Å². The maximum Gasteiger partial charge on any atom is 0.247 e. The lowest BCUT2D eigenvalue weighted by Crippen LogP contribution is -2.33. The molecular formula is C16H18NO3-. The van der Waals surface area contributed by atoms with Crippen LogP contribution in [0.5, 0.6) is 0 Å². The second-order valence-corrected chi connectivity index (χ2v) is 4.94. The molecule has 1 aromatic rings. The third-order valence-corrected chi connectivity index (χ3v) is 3.53. The highest BCUT2D eigenvalue weighted by Gasteiger charge is 2.19. The normalized spacial score (nSPS) is 15.0. The van der Waals surface area contributed by atoms with E-state index in [1.54, 1.807) is 0 Å². The Kier molecular flexibility index (Phi) is 4.93. The minimum absolute atomic E-state index is 0.175. The zero-order chi connectivity index (χ0) is 14.4. The summed E-state index contributed by atoms with van der Waals surface area (Å²) in [5.74, 6) is -1.47. The van der Waals surface area contributed by atoms with E-state index in [2.05, 4.69) is 5.32 Å². The van der Waals surface area contributed by atoms with Gasteiger partial charge in [-0.05, 0) is 43.2 Å². The Bertz CT molecular complexity index is 520. The van der Waals surface area contributed by atoms with Crippen LogP contribution in [0.1, 0.15) is 31.2 Å². The molecule has 0 radical (unpaired) electrons. The minimum Gasteiger partial charge on any atom is -0.545 e. The van der Waals surface area contributed by atoms with E-state index in [1.165, 1.54) is 0 Å². The highest BCUT2D eigenvalue weighted by Crippen LogP contribution is 2.24. The van der Waals surface area contributed by atoms with Crippen LogP contribution in [0, 0.1) is 0 Å². The molecule has 4 nitrogen and oxygen atoms in total. The summed E-state index contributed by atoms with van der Waals surface area (Å²) in [7, 11) is 0. The highest BCUT2D eigenvalue weighted by atomic mass is 16.4. The number of aliphatic carboxylic acids is 1. The van der Waals surface area contributed by atoms with Crippen LogP contribution < -0.4 is 10.4 Å². The van der Waals surface area contributed by atoms with Crippen molar-refractivity contribution in [3.05, 3.63) is 47.0 Å². The Morgan fingerprint density at radius 2 is 1.70 bits per heavy atom. The maximum atomic E-state index is 12.0. The number of carboxylic acid groups (broad SMARTS) is 1. The van der Waals surface area contributed by atoms with Crippen molar-refractivity contribution in [2.24, 2.45) is 0 Å². The van der Waals surface area contributed by atoms with Gasteiger partial charge in [0.1, 0.15) is 0 Å². The van der Waals surface area contributed by atoms with Gasteiger partial charge in [-0.25, -0.2) is 0 Å². The van der Waals surface area contributed by atoms with Crippen LogP contribution in [0.15, 0.2) is 41.5 Å². The average molecular weight is 272 g/mol. The molecule has 0 spiro atoms.